The fraction of sp³-hybridized carbons (Fsp3) is 0.0667. The van der Waals surface area contributed by atoms with Gasteiger partial charge in [0.05, 0.1) is 17.4 Å². The molecule has 0 aliphatic heterocycles. The minimum absolute atomic E-state index is 0.0335. The smallest absolute Gasteiger partial charge is 0.339 e. The third-order valence-electron chi connectivity index (χ3n) is 2.47. The van der Waals surface area contributed by atoms with Gasteiger partial charge in [0, 0.05) is 5.69 Å². The summed E-state index contributed by atoms with van der Waals surface area (Å²) in [6, 6.07) is 10.3. The van der Waals surface area contributed by atoms with Gasteiger partial charge in [-0.2, -0.15) is 0 Å². The van der Waals surface area contributed by atoms with E-state index in [1.54, 1.807) is 42.6 Å². The Kier molecular flexibility index (Phi) is 4.20. The van der Waals surface area contributed by atoms with E-state index in [9.17, 15) is 4.79 Å². The summed E-state index contributed by atoms with van der Waals surface area (Å²) >= 11 is 0. The first kappa shape index (κ1) is 13.4. The predicted molar refractivity (Wildman–Crippen MR) is 77.5 cm³/mol. The number of anilines is 3. The van der Waals surface area contributed by atoms with Crippen LogP contribution >= 0.6 is 0 Å². The van der Waals surface area contributed by atoms with Gasteiger partial charge in [0.2, 0.25) is 0 Å². The Morgan fingerprint density at radius 3 is 2.65 bits per heavy atom. The lowest BCUT2D eigenvalue weighted by Gasteiger charge is -2.06. The second-order valence-electron chi connectivity index (χ2n) is 3.96. The zero-order valence-corrected chi connectivity index (χ0v) is 10.7. The van der Waals surface area contributed by atoms with Gasteiger partial charge in [-0.1, -0.05) is 5.92 Å². The lowest BCUT2D eigenvalue weighted by Crippen LogP contribution is -2.05. The number of benzene rings is 1. The van der Waals surface area contributed by atoms with Crippen LogP contribution in [0, 0.1) is 12.3 Å². The molecule has 0 fully saturated rings. The van der Waals surface area contributed by atoms with Crippen LogP contribution in [0.5, 0.6) is 0 Å². The summed E-state index contributed by atoms with van der Waals surface area (Å²) in [5.41, 5.74) is 7.40. The van der Waals surface area contributed by atoms with Gasteiger partial charge in [0.15, 0.2) is 6.61 Å². The standard InChI is InChI=1S/C15H13N3O2/c1-2-9-20-15(19)11-3-6-13(7-4-11)18-14-8-5-12(16)10-17-14/h1,3-8,10H,9,16H2,(H,17,18). The van der Waals surface area contributed by atoms with Gasteiger partial charge in [0.1, 0.15) is 5.82 Å². The van der Waals surface area contributed by atoms with Gasteiger partial charge < -0.3 is 15.8 Å². The highest BCUT2D eigenvalue weighted by molar-refractivity contribution is 5.90. The Labute approximate surface area is 116 Å². The van der Waals surface area contributed by atoms with Crippen molar-refractivity contribution in [3.8, 4) is 12.3 Å². The van der Waals surface area contributed by atoms with Gasteiger partial charge in [-0.25, -0.2) is 9.78 Å². The number of terminal acetylenes is 1. The highest BCUT2D eigenvalue weighted by atomic mass is 16.5. The number of carbonyl (C=O) groups is 1. The number of ether oxygens (including phenoxy) is 1. The molecule has 1 aromatic heterocycles. The summed E-state index contributed by atoms with van der Waals surface area (Å²) in [5, 5.41) is 3.09. The van der Waals surface area contributed by atoms with Crippen molar-refractivity contribution < 1.29 is 9.53 Å². The van der Waals surface area contributed by atoms with Crippen molar-refractivity contribution in [2.45, 2.75) is 0 Å². The number of hydrogen-bond donors (Lipinski definition) is 2. The molecule has 0 saturated carbocycles. The van der Waals surface area contributed by atoms with Gasteiger partial charge in [-0.15, -0.1) is 6.42 Å². The Hall–Kier alpha value is -3.00. The molecule has 5 heteroatoms. The van der Waals surface area contributed by atoms with Crippen LogP contribution in [-0.2, 0) is 4.74 Å². The van der Waals surface area contributed by atoms with Gasteiger partial charge in [0.25, 0.3) is 0 Å². The average Bonchev–Trinajstić information content (AvgIpc) is 2.48. The highest BCUT2D eigenvalue weighted by Crippen LogP contribution is 2.16. The molecular formula is C15H13N3O2. The molecule has 0 amide bonds. The number of nitrogens with two attached hydrogens (primary N) is 1. The minimum atomic E-state index is -0.444. The summed E-state index contributed by atoms with van der Waals surface area (Å²) in [5.74, 6) is 2.47. The Bertz CT molecular complexity index is 628. The van der Waals surface area contributed by atoms with Crippen molar-refractivity contribution in [2.24, 2.45) is 0 Å². The van der Waals surface area contributed by atoms with Crippen LogP contribution < -0.4 is 11.1 Å². The monoisotopic (exact) mass is 267 g/mol. The molecule has 2 rings (SSSR count). The molecule has 20 heavy (non-hydrogen) atoms. The van der Waals surface area contributed by atoms with Gasteiger partial charge >= 0.3 is 5.97 Å². The Balaban J connectivity index is 2.03. The molecule has 1 heterocycles. The molecule has 0 radical (unpaired) electrons. The number of nitrogen functional groups attached to an aromatic ring is 1. The van der Waals surface area contributed by atoms with Crippen molar-refractivity contribution >= 4 is 23.2 Å². The number of nitrogens with one attached hydrogen (secondary N) is 1. The summed E-state index contributed by atoms with van der Waals surface area (Å²) < 4.78 is 4.83. The van der Waals surface area contributed by atoms with Gasteiger partial charge in [-0.05, 0) is 36.4 Å². The first-order valence-electron chi connectivity index (χ1n) is 5.88. The summed E-state index contributed by atoms with van der Waals surface area (Å²) in [7, 11) is 0. The van der Waals surface area contributed by atoms with Crippen LogP contribution in [0.3, 0.4) is 0 Å². The average molecular weight is 267 g/mol. The number of pyridine rings is 1. The zero-order valence-electron chi connectivity index (χ0n) is 10.7. The molecule has 0 unspecified atom stereocenters. The maximum Gasteiger partial charge on any atom is 0.339 e. The third kappa shape index (κ3) is 3.50. The zero-order chi connectivity index (χ0) is 14.4. The normalized spacial score (nSPS) is 9.55. The van der Waals surface area contributed by atoms with E-state index >= 15 is 0 Å². The number of aromatic nitrogens is 1. The second-order valence-corrected chi connectivity index (χ2v) is 3.96. The van der Waals surface area contributed by atoms with Crippen LogP contribution in [0.25, 0.3) is 0 Å². The van der Waals surface area contributed by atoms with Crippen molar-refractivity contribution in [3.05, 3.63) is 48.2 Å². The second kappa shape index (κ2) is 6.25. The van der Waals surface area contributed by atoms with E-state index in [4.69, 9.17) is 16.9 Å². The molecule has 1 aromatic carbocycles. The molecule has 3 N–H and O–H groups in total. The lowest BCUT2D eigenvalue weighted by molar-refractivity contribution is 0.0557. The van der Waals surface area contributed by atoms with E-state index in [0.717, 1.165) is 5.69 Å². The lowest BCUT2D eigenvalue weighted by atomic mass is 10.2. The van der Waals surface area contributed by atoms with E-state index < -0.39 is 5.97 Å². The Morgan fingerprint density at radius 1 is 1.30 bits per heavy atom. The highest BCUT2D eigenvalue weighted by Gasteiger charge is 2.06. The minimum Gasteiger partial charge on any atom is -0.449 e. The molecule has 2 aromatic rings. The number of esters is 1. The van der Waals surface area contributed by atoms with Gasteiger partial charge in [-0.3, -0.25) is 0 Å². The summed E-state index contributed by atoms with van der Waals surface area (Å²) in [6.07, 6.45) is 6.59. The van der Waals surface area contributed by atoms with E-state index in [-0.39, 0.29) is 6.61 Å². The number of hydrogen-bond acceptors (Lipinski definition) is 5. The number of rotatable bonds is 4. The molecule has 5 nitrogen and oxygen atoms in total. The van der Waals surface area contributed by atoms with E-state index in [1.807, 2.05) is 0 Å². The number of nitrogens with zero attached hydrogens (tertiary/aromatic N) is 1. The fourth-order valence-corrected chi connectivity index (χ4v) is 1.51. The van der Waals surface area contributed by atoms with Crippen LogP contribution in [0.1, 0.15) is 10.4 Å². The molecule has 0 aliphatic carbocycles. The molecule has 0 atom stereocenters. The molecular weight excluding hydrogens is 254 g/mol. The summed E-state index contributed by atoms with van der Waals surface area (Å²) in [6.45, 7) is -0.0335. The quantitative estimate of drug-likeness (QED) is 0.656. The largest absolute Gasteiger partial charge is 0.449 e. The van der Waals surface area contributed by atoms with Crippen LogP contribution in [0.15, 0.2) is 42.6 Å². The van der Waals surface area contributed by atoms with Crippen molar-refractivity contribution in [2.75, 3.05) is 17.7 Å². The topological polar surface area (TPSA) is 77.2 Å². The van der Waals surface area contributed by atoms with Crippen molar-refractivity contribution in [1.29, 1.82) is 0 Å². The van der Waals surface area contributed by atoms with E-state index in [0.29, 0.717) is 17.1 Å². The SMILES string of the molecule is C#CCOC(=O)c1ccc(Nc2ccc(N)cn2)cc1. The maximum atomic E-state index is 11.5. The summed E-state index contributed by atoms with van der Waals surface area (Å²) in [4.78, 5) is 15.7. The van der Waals surface area contributed by atoms with Crippen LogP contribution in [-0.4, -0.2) is 17.6 Å². The van der Waals surface area contributed by atoms with E-state index in [2.05, 4.69) is 16.2 Å². The third-order valence-corrected chi connectivity index (χ3v) is 2.47. The van der Waals surface area contributed by atoms with E-state index in [1.165, 1.54) is 0 Å². The molecule has 0 bridgehead atoms. The predicted octanol–water partition coefficient (Wildman–Crippen LogP) is 2.20. The van der Waals surface area contributed by atoms with Crippen molar-refractivity contribution in [3.63, 3.8) is 0 Å². The first-order valence-corrected chi connectivity index (χ1v) is 5.88. The molecule has 0 spiro atoms. The number of carbonyl (C=O) groups excluding carboxylic acids is 1. The van der Waals surface area contributed by atoms with Crippen LogP contribution in [0.4, 0.5) is 17.2 Å². The molecule has 100 valence electrons. The van der Waals surface area contributed by atoms with Crippen molar-refractivity contribution in [1.82, 2.24) is 4.98 Å². The fourth-order valence-electron chi connectivity index (χ4n) is 1.51. The molecule has 0 saturated heterocycles. The maximum absolute atomic E-state index is 11.5. The van der Waals surface area contributed by atoms with Crippen LogP contribution in [0.2, 0.25) is 0 Å². The first-order chi connectivity index (χ1) is 9.69. The molecule has 0 aliphatic rings. The Morgan fingerprint density at radius 2 is 2.05 bits per heavy atom.